The molecule has 0 radical (unpaired) electrons. The van der Waals surface area contributed by atoms with Gasteiger partial charge < -0.3 is 5.32 Å². The maximum atomic E-state index is 13.0. The van der Waals surface area contributed by atoms with Gasteiger partial charge in [0.1, 0.15) is 0 Å². The van der Waals surface area contributed by atoms with E-state index >= 15 is 0 Å². The number of allylic oxidation sites excluding steroid dienone is 1. The van der Waals surface area contributed by atoms with E-state index < -0.39 is 0 Å². The summed E-state index contributed by atoms with van der Waals surface area (Å²) in [6.45, 7) is 3.10. The van der Waals surface area contributed by atoms with Crippen LogP contribution in [0.5, 0.6) is 0 Å². The van der Waals surface area contributed by atoms with Crippen molar-refractivity contribution < 1.29 is 4.79 Å². The minimum absolute atomic E-state index is 0.0493. The molecular weight excluding hydrogens is 382 g/mol. The van der Waals surface area contributed by atoms with E-state index in [2.05, 4.69) is 16.5 Å². The molecule has 0 spiro atoms. The number of hydrogen-bond donors (Lipinski definition) is 1. The number of thiophene rings is 1. The topological polar surface area (TPSA) is 64.0 Å². The summed E-state index contributed by atoms with van der Waals surface area (Å²) >= 11 is 1.62. The number of carbonyl (C=O) groups is 1. The predicted molar refractivity (Wildman–Crippen MR) is 120 cm³/mol. The lowest BCUT2D eigenvalue weighted by atomic mass is 9.97. The van der Waals surface area contributed by atoms with Gasteiger partial charge in [0.15, 0.2) is 0 Å². The Hall–Kier alpha value is -2.47. The van der Waals surface area contributed by atoms with Gasteiger partial charge in [-0.25, -0.2) is 4.68 Å². The lowest BCUT2D eigenvalue weighted by Gasteiger charge is -2.13. The lowest BCUT2D eigenvalue weighted by molar-refractivity contribution is -0.121. The molecule has 4 rings (SSSR count). The summed E-state index contributed by atoms with van der Waals surface area (Å²) in [5.74, 6) is 0.0493. The van der Waals surface area contributed by atoms with E-state index in [1.807, 2.05) is 31.2 Å². The highest BCUT2D eigenvalue weighted by Gasteiger charge is 2.14. The Labute approximate surface area is 174 Å². The number of nitrogens with zero attached hydrogens (tertiary/aromatic N) is 2. The number of hydrogen-bond acceptors (Lipinski definition) is 4. The third kappa shape index (κ3) is 4.42. The predicted octanol–water partition coefficient (Wildman–Crippen LogP) is 4.71. The van der Waals surface area contributed by atoms with Gasteiger partial charge >= 0.3 is 0 Å². The average molecular weight is 410 g/mol. The minimum Gasteiger partial charge on any atom is -0.356 e. The minimum atomic E-state index is -0.0623. The molecule has 29 heavy (non-hydrogen) atoms. The van der Waals surface area contributed by atoms with Gasteiger partial charge in [-0.1, -0.05) is 29.8 Å². The summed E-state index contributed by atoms with van der Waals surface area (Å²) in [7, 11) is 0. The second kappa shape index (κ2) is 8.91. The van der Waals surface area contributed by atoms with Crippen LogP contribution in [0.4, 0.5) is 0 Å². The molecule has 0 fully saturated rings. The first-order valence-electron chi connectivity index (χ1n) is 10.5. The van der Waals surface area contributed by atoms with Crippen molar-refractivity contribution in [1.82, 2.24) is 15.1 Å². The molecule has 5 nitrogen and oxygen atoms in total. The standard InChI is InChI=1S/C23H27N3O2S/c1-16-22-21(18-10-5-6-11-19(18)29-22)23(28)26(25-16)15-7-12-20(27)24-14-13-17-8-3-2-4-9-17/h5-6,8,10-11H,2-4,7,9,12-15H2,1H3,(H,24,27). The summed E-state index contributed by atoms with van der Waals surface area (Å²) in [5, 5.41) is 9.24. The fourth-order valence-electron chi connectivity index (χ4n) is 4.04. The van der Waals surface area contributed by atoms with E-state index in [1.54, 1.807) is 11.3 Å². The summed E-state index contributed by atoms with van der Waals surface area (Å²) in [5.41, 5.74) is 2.28. The Morgan fingerprint density at radius 1 is 1.28 bits per heavy atom. The summed E-state index contributed by atoms with van der Waals surface area (Å²) < 4.78 is 3.59. The van der Waals surface area contributed by atoms with E-state index in [9.17, 15) is 9.59 Å². The van der Waals surface area contributed by atoms with Crippen molar-refractivity contribution >= 4 is 37.4 Å². The molecule has 1 aromatic carbocycles. The molecule has 1 aliphatic carbocycles. The molecule has 1 aliphatic rings. The summed E-state index contributed by atoms with van der Waals surface area (Å²) in [6, 6.07) is 7.98. The highest BCUT2D eigenvalue weighted by Crippen LogP contribution is 2.32. The number of benzene rings is 1. The van der Waals surface area contributed by atoms with Crippen molar-refractivity contribution in [2.45, 2.75) is 58.4 Å². The van der Waals surface area contributed by atoms with E-state index in [-0.39, 0.29) is 11.5 Å². The fraction of sp³-hybridized carbons (Fsp3) is 0.435. The highest BCUT2D eigenvalue weighted by atomic mass is 32.1. The molecular formula is C23H27N3O2S. The number of aryl methyl sites for hydroxylation is 2. The molecule has 0 aliphatic heterocycles. The molecule has 2 heterocycles. The molecule has 0 saturated heterocycles. The molecule has 1 amide bonds. The zero-order valence-electron chi connectivity index (χ0n) is 16.9. The van der Waals surface area contributed by atoms with Gasteiger partial charge in [0.25, 0.3) is 5.56 Å². The Morgan fingerprint density at radius 3 is 2.97 bits per heavy atom. The fourth-order valence-corrected chi connectivity index (χ4v) is 5.17. The van der Waals surface area contributed by atoms with E-state index in [0.717, 1.165) is 32.3 Å². The van der Waals surface area contributed by atoms with Gasteiger partial charge in [0.2, 0.25) is 5.91 Å². The largest absolute Gasteiger partial charge is 0.356 e. The Balaban J connectivity index is 1.36. The molecule has 1 N–H and O–H groups in total. The monoisotopic (exact) mass is 409 g/mol. The van der Waals surface area contributed by atoms with Crippen LogP contribution < -0.4 is 10.9 Å². The highest BCUT2D eigenvalue weighted by molar-refractivity contribution is 7.26. The Morgan fingerprint density at radius 2 is 2.14 bits per heavy atom. The van der Waals surface area contributed by atoms with Crippen LogP contribution in [0, 0.1) is 6.92 Å². The van der Waals surface area contributed by atoms with Crippen LogP contribution in [0.1, 0.15) is 50.6 Å². The van der Waals surface area contributed by atoms with Crippen molar-refractivity contribution in [2.24, 2.45) is 0 Å². The molecule has 6 heteroatoms. The van der Waals surface area contributed by atoms with Gasteiger partial charge in [-0.15, -0.1) is 11.3 Å². The quantitative estimate of drug-likeness (QED) is 0.575. The molecule has 0 atom stereocenters. The van der Waals surface area contributed by atoms with Gasteiger partial charge in [-0.3, -0.25) is 9.59 Å². The normalized spacial score (nSPS) is 14.3. The number of nitrogens with one attached hydrogen (secondary N) is 1. The van der Waals surface area contributed by atoms with E-state index in [1.165, 1.54) is 35.9 Å². The molecule has 2 aromatic heterocycles. The summed E-state index contributed by atoms with van der Waals surface area (Å²) in [6.07, 6.45) is 9.19. The van der Waals surface area contributed by atoms with Crippen LogP contribution in [-0.4, -0.2) is 22.2 Å². The molecule has 0 saturated carbocycles. The van der Waals surface area contributed by atoms with Gasteiger partial charge in [-0.2, -0.15) is 5.10 Å². The van der Waals surface area contributed by atoms with Crippen LogP contribution in [0.3, 0.4) is 0 Å². The van der Waals surface area contributed by atoms with Crippen LogP contribution in [0.15, 0.2) is 40.7 Å². The van der Waals surface area contributed by atoms with Crippen molar-refractivity contribution in [3.8, 4) is 0 Å². The maximum Gasteiger partial charge on any atom is 0.276 e. The third-order valence-corrected chi connectivity index (χ3v) is 6.85. The number of rotatable bonds is 7. The first kappa shape index (κ1) is 19.8. The zero-order chi connectivity index (χ0) is 20.2. The second-order valence-electron chi connectivity index (χ2n) is 7.73. The molecule has 152 valence electrons. The van der Waals surface area contributed by atoms with Crippen LogP contribution in [-0.2, 0) is 11.3 Å². The van der Waals surface area contributed by atoms with Gasteiger partial charge in [-0.05, 0) is 51.5 Å². The summed E-state index contributed by atoms with van der Waals surface area (Å²) in [4.78, 5) is 25.1. The van der Waals surface area contributed by atoms with Crippen LogP contribution in [0.2, 0.25) is 0 Å². The van der Waals surface area contributed by atoms with E-state index in [0.29, 0.717) is 25.9 Å². The SMILES string of the molecule is Cc1nn(CCCC(=O)NCCC2=CCCCC2)c(=O)c2c1sc1ccccc12. The molecule has 0 unspecified atom stereocenters. The van der Waals surface area contributed by atoms with Crippen molar-refractivity contribution in [3.63, 3.8) is 0 Å². The van der Waals surface area contributed by atoms with Gasteiger partial charge in [0.05, 0.1) is 15.8 Å². The van der Waals surface area contributed by atoms with Crippen LogP contribution >= 0.6 is 11.3 Å². The second-order valence-corrected chi connectivity index (χ2v) is 8.78. The van der Waals surface area contributed by atoms with Crippen molar-refractivity contribution in [3.05, 3.63) is 52.0 Å². The number of fused-ring (bicyclic) bond motifs is 3. The smallest absolute Gasteiger partial charge is 0.276 e. The van der Waals surface area contributed by atoms with Crippen molar-refractivity contribution in [2.75, 3.05) is 6.54 Å². The van der Waals surface area contributed by atoms with Gasteiger partial charge in [0, 0.05) is 29.6 Å². The molecule has 0 bridgehead atoms. The number of amides is 1. The Bertz CT molecular complexity index is 1130. The first-order chi connectivity index (χ1) is 14.1. The molecule has 3 aromatic rings. The van der Waals surface area contributed by atoms with Crippen molar-refractivity contribution in [1.29, 1.82) is 0 Å². The first-order valence-corrected chi connectivity index (χ1v) is 11.3. The zero-order valence-corrected chi connectivity index (χ0v) is 17.7. The third-order valence-electron chi connectivity index (χ3n) is 5.57. The maximum absolute atomic E-state index is 13.0. The number of carbonyl (C=O) groups excluding carboxylic acids is 1. The lowest BCUT2D eigenvalue weighted by Crippen LogP contribution is -2.27. The Kier molecular flexibility index (Phi) is 6.09. The van der Waals surface area contributed by atoms with E-state index in [4.69, 9.17) is 0 Å². The number of aromatic nitrogens is 2. The van der Waals surface area contributed by atoms with Crippen LogP contribution in [0.25, 0.3) is 20.2 Å². The average Bonchev–Trinajstić information content (AvgIpc) is 3.13.